The largest absolute Gasteiger partial charge is 0.495 e. The molecule has 3 nitrogen and oxygen atoms in total. The third kappa shape index (κ3) is 4.17. The van der Waals surface area contributed by atoms with E-state index in [1.54, 1.807) is 19.2 Å². The van der Waals surface area contributed by atoms with Crippen LogP contribution in [0, 0.1) is 5.82 Å². The first kappa shape index (κ1) is 15.8. The van der Waals surface area contributed by atoms with E-state index in [0.29, 0.717) is 29.4 Å². The van der Waals surface area contributed by atoms with Crippen molar-refractivity contribution in [3.05, 3.63) is 63.9 Å². The second-order valence-electron chi connectivity index (χ2n) is 4.66. The number of halogens is 2. The number of benzene rings is 2. The van der Waals surface area contributed by atoms with E-state index in [4.69, 9.17) is 21.4 Å². The van der Waals surface area contributed by atoms with Gasteiger partial charge in [-0.05, 0) is 35.4 Å². The average molecular weight is 310 g/mol. The highest BCUT2D eigenvalue weighted by molar-refractivity contribution is 6.32. The number of ether oxygens (including phenoxy) is 1. The zero-order valence-electron chi connectivity index (χ0n) is 11.7. The van der Waals surface area contributed by atoms with Gasteiger partial charge < -0.3 is 15.2 Å². The average Bonchev–Trinajstić information content (AvgIpc) is 2.49. The van der Waals surface area contributed by atoms with Crippen molar-refractivity contribution in [2.24, 2.45) is 0 Å². The monoisotopic (exact) mass is 309 g/mol. The van der Waals surface area contributed by atoms with Crippen molar-refractivity contribution in [2.75, 3.05) is 7.11 Å². The van der Waals surface area contributed by atoms with Crippen molar-refractivity contribution in [1.29, 1.82) is 0 Å². The predicted octanol–water partition coefficient (Wildman–Crippen LogP) is 3.27. The minimum atomic E-state index is -0.386. The molecule has 2 N–H and O–H groups in total. The van der Waals surface area contributed by atoms with Gasteiger partial charge in [0.1, 0.15) is 11.6 Å². The lowest BCUT2D eigenvalue weighted by molar-refractivity contribution is 0.275. The Kier molecular flexibility index (Phi) is 5.56. The molecule has 5 heteroatoms. The molecule has 2 aromatic carbocycles. The lowest BCUT2D eigenvalue weighted by atomic mass is 10.1. The molecule has 112 valence electrons. The van der Waals surface area contributed by atoms with Crippen LogP contribution in [0.5, 0.6) is 5.75 Å². The number of hydrogen-bond donors (Lipinski definition) is 2. The molecule has 21 heavy (non-hydrogen) atoms. The molecular weight excluding hydrogens is 293 g/mol. The molecule has 0 amide bonds. The summed E-state index contributed by atoms with van der Waals surface area (Å²) in [5, 5.41) is 12.9. The van der Waals surface area contributed by atoms with Crippen LogP contribution >= 0.6 is 11.6 Å². The predicted molar refractivity (Wildman–Crippen MR) is 80.9 cm³/mol. The lowest BCUT2D eigenvalue weighted by Crippen LogP contribution is -2.13. The molecular formula is C16H17ClFNO2. The number of nitrogens with one attached hydrogen (secondary N) is 1. The highest BCUT2D eigenvalue weighted by Gasteiger charge is 2.04. The lowest BCUT2D eigenvalue weighted by Gasteiger charge is -2.09. The minimum absolute atomic E-state index is 0.298. The summed E-state index contributed by atoms with van der Waals surface area (Å²) in [5.74, 6) is 0.259. The summed E-state index contributed by atoms with van der Waals surface area (Å²) < 4.78 is 18.4. The van der Waals surface area contributed by atoms with Crippen molar-refractivity contribution in [3.63, 3.8) is 0 Å². The van der Waals surface area contributed by atoms with Gasteiger partial charge in [0.25, 0.3) is 0 Å². The van der Waals surface area contributed by atoms with E-state index in [1.165, 1.54) is 6.07 Å². The standard InChI is InChI=1S/C16H17ClFNO2/c1-21-16-5-3-12(7-14(16)17)9-19-8-11-2-4-15(18)13(6-11)10-20/h2-7,19-20H,8-10H2,1H3. The van der Waals surface area contributed by atoms with Crippen molar-refractivity contribution in [3.8, 4) is 5.75 Å². The van der Waals surface area contributed by atoms with Crippen molar-refractivity contribution in [1.82, 2.24) is 5.32 Å². The van der Waals surface area contributed by atoms with E-state index >= 15 is 0 Å². The van der Waals surface area contributed by atoms with Crippen molar-refractivity contribution in [2.45, 2.75) is 19.7 Å². The van der Waals surface area contributed by atoms with Gasteiger partial charge in [0, 0.05) is 18.7 Å². The Bertz CT molecular complexity index is 619. The molecule has 2 aromatic rings. The van der Waals surface area contributed by atoms with E-state index < -0.39 is 0 Å². The molecule has 0 fully saturated rings. The Morgan fingerprint density at radius 1 is 1.14 bits per heavy atom. The summed E-state index contributed by atoms with van der Waals surface area (Å²) in [7, 11) is 1.58. The normalized spacial score (nSPS) is 10.7. The summed E-state index contributed by atoms with van der Waals surface area (Å²) >= 11 is 6.06. The second-order valence-corrected chi connectivity index (χ2v) is 5.06. The maximum atomic E-state index is 13.3. The van der Waals surface area contributed by atoms with E-state index in [2.05, 4.69) is 5.32 Å². The van der Waals surface area contributed by atoms with E-state index in [-0.39, 0.29) is 12.4 Å². The molecule has 0 spiro atoms. The quantitative estimate of drug-likeness (QED) is 0.860. The van der Waals surface area contributed by atoms with E-state index in [0.717, 1.165) is 11.1 Å². The zero-order chi connectivity index (χ0) is 15.2. The van der Waals surface area contributed by atoms with E-state index in [9.17, 15) is 4.39 Å². The van der Waals surface area contributed by atoms with Crippen molar-refractivity contribution >= 4 is 11.6 Å². The van der Waals surface area contributed by atoms with Gasteiger partial charge in [-0.15, -0.1) is 0 Å². The SMILES string of the molecule is COc1ccc(CNCc2ccc(F)c(CO)c2)cc1Cl. The zero-order valence-corrected chi connectivity index (χ0v) is 12.5. The second kappa shape index (κ2) is 7.41. The Morgan fingerprint density at radius 2 is 1.81 bits per heavy atom. The van der Waals surface area contributed by atoms with Crippen LogP contribution in [-0.4, -0.2) is 12.2 Å². The maximum Gasteiger partial charge on any atom is 0.137 e. The molecule has 0 radical (unpaired) electrons. The summed E-state index contributed by atoms with van der Waals surface area (Å²) in [6.07, 6.45) is 0. The summed E-state index contributed by atoms with van der Waals surface area (Å²) in [5.41, 5.74) is 2.26. The summed E-state index contributed by atoms with van der Waals surface area (Å²) in [4.78, 5) is 0. The van der Waals surface area contributed by atoms with Crippen LogP contribution in [0.4, 0.5) is 4.39 Å². The third-order valence-electron chi connectivity index (χ3n) is 3.15. The van der Waals surface area contributed by atoms with Crippen LogP contribution in [0.2, 0.25) is 5.02 Å². The molecule has 0 aliphatic rings. The Balaban J connectivity index is 1.93. The number of aliphatic hydroxyl groups is 1. The summed E-state index contributed by atoms with van der Waals surface area (Å²) in [6, 6.07) is 10.3. The molecule has 0 saturated carbocycles. The van der Waals surface area contributed by atoms with Gasteiger partial charge in [-0.2, -0.15) is 0 Å². The maximum absolute atomic E-state index is 13.3. The van der Waals surface area contributed by atoms with Gasteiger partial charge in [-0.3, -0.25) is 0 Å². The van der Waals surface area contributed by atoms with Crippen LogP contribution in [-0.2, 0) is 19.7 Å². The number of methoxy groups -OCH3 is 1. The van der Waals surface area contributed by atoms with Crippen LogP contribution in [0.1, 0.15) is 16.7 Å². The third-order valence-corrected chi connectivity index (χ3v) is 3.45. The smallest absolute Gasteiger partial charge is 0.137 e. The first-order valence-electron chi connectivity index (χ1n) is 6.55. The number of rotatable bonds is 6. The Hall–Kier alpha value is -1.62. The van der Waals surface area contributed by atoms with Crippen LogP contribution in [0.3, 0.4) is 0 Å². The topological polar surface area (TPSA) is 41.5 Å². The molecule has 0 aliphatic heterocycles. The summed E-state index contributed by atoms with van der Waals surface area (Å²) in [6.45, 7) is 0.917. The number of hydrogen-bond acceptors (Lipinski definition) is 3. The highest BCUT2D eigenvalue weighted by Crippen LogP contribution is 2.24. The van der Waals surface area contributed by atoms with Crippen molar-refractivity contribution < 1.29 is 14.2 Å². The van der Waals surface area contributed by atoms with Crippen LogP contribution in [0.25, 0.3) is 0 Å². The molecule has 0 atom stereocenters. The molecule has 0 bridgehead atoms. The van der Waals surface area contributed by atoms with Gasteiger partial charge in [-0.1, -0.05) is 23.7 Å². The van der Waals surface area contributed by atoms with Gasteiger partial charge in [-0.25, -0.2) is 4.39 Å². The molecule has 0 unspecified atom stereocenters. The Morgan fingerprint density at radius 3 is 2.43 bits per heavy atom. The van der Waals surface area contributed by atoms with Gasteiger partial charge >= 0.3 is 0 Å². The fraction of sp³-hybridized carbons (Fsp3) is 0.250. The first-order chi connectivity index (χ1) is 10.1. The van der Waals surface area contributed by atoms with Gasteiger partial charge in [0.05, 0.1) is 18.7 Å². The molecule has 0 saturated heterocycles. The van der Waals surface area contributed by atoms with E-state index in [1.807, 2.05) is 18.2 Å². The van der Waals surface area contributed by atoms with Gasteiger partial charge in [0.2, 0.25) is 0 Å². The first-order valence-corrected chi connectivity index (χ1v) is 6.93. The van der Waals surface area contributed by atoms with Crippen LogP contribution in [0.15, 0.2) is 36.4 Å². The molecule has 0 aromatic heterocycles. The number of aliphatic hydroxyl groups excluding tert-OH is 1. The Labute approximate surface area is 128 Å². The highest BCUT2D eigenvalue weighted by atomic mass is 35.5. The molecule has 0 aliphatic carbocycles. The van der Waals surface area contributed by atoms with Gasteiger partial charge in [0.15, 0.2) is 0 Å². The molecule has 0 heterocycles. The fourth-order valence-corrected chi connectivity index (χ4v) is 2.31. The van der Waals surface area contributed by atoms with Crippen LogP contribution < -0.4 is 10.1 Å². The minimum Gasteiger partial charge on any atom is -0.495 e. The fourth-order valence-electron chi connectivity index (χ4n) is 2.03. The molecule has 2 rings (SSSR count).